The molecular weight excluding hydrogens is 262 g/mol. The van der Waals surface area contributed by atoms with Gasteiger partial charge < -0.3 is 5.32 Å². The maximum atomic E-state index is 12.2. The highest BCUT2D eigenvalue weighted by Gasteiger charge is 2.39. The number of hydrogen-bond acceptors (Lipinski definition) is 3. The molecule has 3 N–H and O–H groups in total. The van der Waals surface area contributed by atoms with Gasteiger partial charge in [-0.25, -0.2) is 5.43 Å². The monoisotopic (exact) mass is 287 g/mol. The molecule has 1 heterocycles. The van der Waals surface area contributed by atoms with Crippen molar-refractivity contribution in [2.45, 2.75) is 51.0 Å². The Morgan fingerprint density at radius 3 is 2.71 bits per heavy atom. The van der Waals surface area contributed by atoms with Gasteiger partial charge in [0, 0.05) is 18.5 Å². The summed E-state index contributed by atoms with van der Waals surface area (Å²) in [5, 5.41) is 3.16. The molecule has 2 aliphatic rings. The zero-order valence-electron chi connectivity index (χ0n) is 13.0. The number of carbonyl (C=O) groups is 1. The van der Waals surface area contributed by atoms with Crippen molar-refractivity contribution in [2.75, 3.05) is 13.1 Å². The summed E-state index contributed by atoms with van der Waals surface area (Å²) in [5.41, 5.74) is 10.2. The number of benzene rings is 1. The van der Waals surface area contributed by atoms with E-state index in [9.17, 15) is 4.79 Å². The third-order valence-electron chi connectivity index (χ3n) is 5.18. The van der Waals surface area contributed by atoms with Gasteiger partial charge in [-0.15, -0.1) is 0 Å². The van der Waals surface area contributed by atoms with Crippen molar-refractivity contribution >= 4 is 5.91 Å². The third-order valence-corrected chi connectivity index (χ3v) is 5.18. The SMILES string of the molecule is Cc1ccc(C2(CNC(=O)C3CCNN3)CCC2)cc1C. The van der Waals surface area contributed by atoms with Crippen molar-refractivity contribution in [2.24, 2.45) is 0 Å². The first-order valence-corrected chi connectivity index (χ1v) is 7.95. The number of carbonyl (C=O) groups excluding carboxylic acids is 1. The molecule has 21 heavy (non-hydrogen) atoms. The summed E-state index contributed by atoms with van der Waals surface area (Å²) in [6, 6.07) is 6.66. The number of nitrogens with one attached hydrogen (secondary N) is 3. The molecule has 4 nitrogen and oxygen atoms in total. The first-order valence-electron chi connectivity index (χ1n) is 7.95. The van der Waals surface area contributed by atoms with E-state index < -0.39 is 0 Å². The highest BCUT2D eigenvalue weighted by atomic mass is 16.2. The fourth-order valence-corrected chi connectivity index (χ4v) is 3.30. The molecule has 1 aromatic rings. The molecule has 3 rings (SSSR count). The van der Waals surface area contributed by atoms with Gasteiger partial charge in [0.2, 0.25) is 5.91 Å². The molecule has 1 amide bonds. The van der Waals surface area contributed by atoms with E-state index >= 15 is 0 Å². The highest BCUT2D eigenvalue weighted by Crippen LogP contribution is 2.43. The summed E-state index contributed by atoms with van der Waals surface area (Å²) in [6.07, 6.45) is 4.47. The highest BCUT2D eigenvalue weighted by molar-refractivity contribution is 5.82. The number of amides is 1. The number of hydrazine groups is 1. The Morgan fingerprint density at radius 1 is 1.33 bits per heavy atom. The van der Waals surface area contributed by atoms with Crippen LogP contribution in [0.3, 0.4) is 0 Å². The molecule has 1 saturated heterocycles. The van der Waals surface area contributed by atoms with Crippen LogP contribution in [0.15, 0.2) is 18.2 Å². The lowest BCUT2D eigenvalue weighted by molar-refractivity contribution is -0.123. The van der Waals surface area contributed by atoms with Crippen molar-refractivity contribution in [3.8, 4) is 0 Å². The minimum absolute atomic E-state index is 0.0816. The lowest BCUT2D eigenvalue weighted by atomic mass is 9.64. The molecule has 0 aromatic heterocycles. The average molecular weight is 287 g/mol. The van der Waals surface area contributed by atoms with Crippen LogP contribution >= 0.6 is 0 Å². The van der Waals surface area contributed by atoms with E-state index in [2.05, 4.69) is 48.2 Å². The maximum Gasteiger partial charge on any atom is 0.238 e. The van der Waals surface area contributed by atoms with E-state index in [1.54, 1.807) is 0 Å². The smallest absolute Gasteiger partial charge is 0.238 e. The van der Waals surface area contributed by atoms with Gasteiger partial charge in [-0.05, 0) is 49.8 Å². The molecule has 0 radical (unpaired) electrons. The summed E-state index contributed by atoms with van der Waals surface area (Å²) in [6.45, 7) is 5.93. The van der Waals surface area contributed by atoms with E-state index in [1.807, 2.05) is 0 Å². The van der Waals surface area contributed by atoms with Crippen molar-refractivity contribution in [3.05, 3.63) is 34.9 Å². The quantitative estimate of drug-likeness (QED) is 0.790. The van der Waals surface area contributed by atoms with Crippen LogP contribution in [0, 0.1) is 13.8 Å². The molecule has 1 aliphatic heterocycles. The summed E-state index contributed by atoms with van der Waals surface area (Å²) in [5.74, 6) is 0.120. The topological polar surface area (TPSA) is 53.2 Å². The van der Waals surface area contributed by atoms with Gasteiger partial charge in [0.25, 0.3) is 0 Å². The summed E-state index contributed by atoms with van der Waals surface area (Å²) < 4.78 is 0. The zero-order chi connectivity index (χ0) is 14.9. The number of rotatable bonds is 4. The Hall–Kier alpha value is -1.39. The zero-order valence-corrected chi connectivity index (χ0v) is 13.0. The first kappa shape index (κ1) is 14.5. The molecule has 1 aromatic carbocycles. The second-order valence-electron chi connectivity index (χ2n) is 6.56. The van der Waals surface area contributed by atoms with Crippen LogP contribution in [-0.2, 0) is 10.2 Å². The van der Waals surface area contributed by atoms with Crippen molar-refractivity contribution < 1.29 is 4.79 Å². The predicted octanol–water partition coefficient (Wildman–Crippen LogP) is 1.71. The van der Waals surface area contributed by atoms with Crippen LogP contribution in [0.2, 0.25) is 0 Å². The van der Waals surface area contributed by atoms with Gasteiger partial charge in [0.1, 0.15) is 6.04 Å². The standard InChI is InChI=1S/C17H25N3O/c1-12-4-5-14(10-13(12)2)17(7-3-8-17)11-18-16(21)15-6-9-19-20-15/h4-5,10,15,19-20H,3,6-9,11H2,1-2H3,(H,18,21). The third kappa shape index (κ3) is 2.83. The van der Waals surface area contributed by atoms with Gasteiger partial charge in [-0.2, -0.15) is 0 Å². The normalized spacial score (nSPS) is 23.6. The molecule has 0 spiro atoms. The van der Waals surface area contributed by atoms with Crippen LogP contribution in [0.1, 0.15) is 42.4 Å². The molecular formula is C17H25N3O. The van der Waals surface area contributed by atoms with Crippen LogP contribution < -0.4 is 16.2 Å². The fourth-order valence-electron chi connectivity index (χ4n) is 3.30. The molecule has 114 valence electrons. The van der Waals surface area contributed by atoms with Crippen molar-refractivity contribution in [1.82, 2.24) is 16.2 Å². The van der Waals surface area contributed by atoms with Gasteiger partial charge in [-0.1, -0.05) is 24.6 Å². The first-order chi connectivity index (χ1) is 10.1. The van der Waals surface area contributed by atoms with E-state index in [0.29, 0.717) is 0 Å². The lowest BCUT2D eigenvalue weighted by Gasteiger charge is -2.43. The van der Waals surface area contributed by atoms with Gasteiger partial charge in [0.15, 0.2) is 0 Å². The number of aryl methyl sites for hydroxylation is 2. The molecule has 4 heteroatoms. The van der Waals surface area contributed by atoms with Crippen LogP contribution in [-0.4, -0.2) is 25.0 Å². The van der Waals surface area contributed by atoms with E-state index in [1.165, 1.54) is 36.0 Å². The van der Waals surface area contributed by atoms with E-state index in [0.717, 1.165) is 19.5 Å². The summed E-state index contributed by atoms with van der Waals surface area (Å²) >= 11 is 0. The predicted molar refractivity (Wildman–Crippen MR) is 84.0 cm³/mol. The van der Waals surface area contributed by atoms with Gasteiger partial charge >= 0.3 is 0 Å². The van der Waals surface area contributed by atoms with Gasteiger partial charge in [-0.3, -0.25) is 10.2 Å². The van der Waals surface area contributed by atoms with Crippen LogP contribution in [0.5, 0.6) is 0 Å². The van der Waals surface area contributed by atoms with Crippen molar-refractivity contribution in [1.29, 1.82) is 0 Å². The molecule has 0 bridgehead atoms. The van der Waals surface area contributed by atoms with Crippen LogP contribution in [0.25, 0.3) is 0 Å². The molecule has 1 atom stereocenters. The average Bonchev–Trinajstić information content (AvgIpc) is 2.95. The molecule has 1 saturated carbocycles. The van der Waals surface area contributed by atoms with Crippen LogP contribution in [0.4, 0.5) is 0 Å². The van der Waals surface area contributed by atoms with Crippen molar-refractivity contribution in [3.63, 3.8) is 0 Å². The second kappa shape index (κ2) is 5.78. The minimum atomic E-state index is -0.0816. The fraction of sp³-hybridized carbons (Fsp3) is 0.588. The number of hydrogen-bond donors (Lipinski definition) is 3. The molecule has 1 aliphatic carbocycles. The lowest BCUT2D eigenvalue weighted by Crippen LogP contribution is -2.50. The van der Waals surface area contributed by atoms with Gasteiger partial charge in [0.05, 0.1) is 0 Å². The Morgan fingerprint density at radius 2 is 2.14 bits per heavy atom. The Bertz CT molecular complexity index is 531. The summed E-state index contributed by atoms with van der Waals surface area (Å²) in [4.78, 5) is 12.2. The molecule has 1 unspecified atom stereocenters. The minimum Gasteiger partial charge on any atom is -0.354 e. The van der Waals surface area contributed by atoms with E-state index in [-0.39, 0.29) is 17.4 Å². The second-order valence-corrected chi connectivity index (χ2v) is 6.56. The largest absolute Gasteiger partial charge is 0.354 e. The van der Waals surface area contributed by atoms with E-state index in [4.69, 9.17) is 0 Å². The Balaban J connectivity index is 1.68. The maximum absolute atomic E-state index is 12.2. The molecule has 2 fully saturated rings. The Kier molecular flexibility index (Phi) is 4.00. The summed E-state index contributed by atoms with van der Waals surface area (Å²) in [7, 11) is 0. The Labute approximate surface area is 126 Å².